The van der Waals surface area contributed by atoms with Gasteiger partial charge < -0.3 is 14.8 Å². The molecule has 2 aromatic rings. The maximum Gasteiger partial charge on any atom is 0.266 e. The van der Waals surface area contributed by atoms with Gasteiger partial charge in [-0.2, -0.15) is 5.26 Å². The Morgan fingerprint density at radius 1 is 1.12 bits per heavy atom. The van der Waals surface area contributed by atoms with Crippen molar-refractivity contribution in [3.8, 4) is 17.6 Å². The quantitative estimate of drug-likeness (QED) is 0.162. The number of ether oxygens (including phenoxy) is 2. The summed E-state index contributed by atoms with van der Waals surface area (Å²) >= 11 is 9.51. The number of halogens is 2. The van der Waals surface area contributed by atoms with Crippen molar-refractivity contribution in [1.29, 1.82) is 5.26 Å². The van der Waals surface area contributed by atoms with Crippen LogP contribution in [0, 0.1) is 11.3 Å². The van der Waals surface area contributed by atoms with Crippen molar-refractivity contribution in [3.63, 3.8) is 0 Å². The molecule has 33 heavy (non-hydrogen) atoms. The van der Waals surface area contributed by atoms with Crippen molar-refractivity contribution < 1.29 is 14.3 Å². The summed E-state index contributed by atoms with van der Waals surface area (Å²) in [5.74, 6) is 0.679. The van der Waals surface area contributed by atoms with Crippen LogP contribution in [0.2, 0.25) is 5.02 Å². The molecule has 0 saturated carbocycles. The van der Waals surface area contributed by atoms with Gasteiger partial charge in [0.05, 0.1) is 17.7 Å². The van der Waals surface area contributed by atoms with E-state index >= 15 is 0 Å². The number of unbranched alkanes of at least 4 members (excludes halogenated alkanes) is 5. The number of carbonyl (C=O) groups excluding carboxylic acids is 1. The first kappa shape index (κ1) is 26.8. The number of nitrogens with zero attached hydrogens (tertiary/aromatic N) is 1. The van der Waals surface area contributed by atoms with Gasteiger partial charge in [-0.05, 0) is 71.2 Å². The van der Waals surface area contributed by atoms with Crippen LogP contribution in [0.15, 0.2) is 46.4 Å². The molecule has 1 N–H and O–H groups in total. The van der Waals surface area contributed by atoms with Crippen LogP contribution in [-0.2, 0) is 4.79 Å². The Balaban J connectivity index is 2.12. The molecule has 2 aromatic carbocycles. The lowest BCUT2D eigenvalue weighted by atomic mass is 10.1. The van der Waals surface area contributed by atoms with Gasteiger partial charge in [0.25, 0.3) is 5.91 Å². The zero-order chi connectivity index (χ0) is 24.1. The lowest BCUT2D eigenvalue weighted by molar-refractivity contribution is -0.112. The fourth-order valence-corrected chi connectivity index (χ4v) is 3.98. The number of amides is 1. The average Bonchev–Trinajstić information content (AvgIpc) is 2.78. The maximum absolute atomic E-state index is 12.6. The van der Waals surface area contributed by atoms with Crippen LogP contribution in [0.5, 0.6) is 11.5 Å². The Hall–Kier alpha value is -2.49. The minimum Gasteiger partial charge on any atom is -0.490 e. The van der Waals surface area contributed by atoms with Crippen LogP contribution in [0.3, 0.4) is 0 Å². The lowest BCUT2D eigenvalue weighted by Crippen LogP contribution is -2.13. The minimum atomic E-state index is -0.516. The number of anilines is 1. The molecular formula is C26H30BrClN2O3. The molecule has 0 aromatic heterocycles. The highest BCUT2D eigenvalue weighted by Crippen LogP contribution is 2.37. The molecular weight excluding hydrogens is 504 g/mol. The van der Waals surface area contributed by atoms with Crippen molar-refractivity contribution in [3.05, 3.63) is 57.0 Å². The van der Waals surface area contributed by atoms with Crippen LogP contribution in [0.25, 0.3) is 6.08 Å². The normalized spacial score (nSPS) is 11.1. The molecule has 0 heterocycles. The second-order valence-electron chi connectivity index (χ2n) is 7.51. The Labute approximate surface area is 209 Å². The average molecular weight is 534 g/mol. The fraction of sp³-hybridized carbons (Fsp3) is 0.385. The summed E-state index contributed by atoms with van der Waals surface area (Å²) in [5, 5.41) is 12.7. The highest BCUT2D eigenvalue weighted by atomic mass is 79.9. The molecule has 7 heteroatoms. The summed E-state index contributed by atoms with van der Waals surface area (Å²) in [6, 6.07) is 12.3. The van der Waals surface area contributed by atoms with E-state index < -0.39 is 5.91 Å². The third-order valence-corrected chi connectivity index (χ3v) is 5.66. The number of hydrogen-bond acceptors (Lipinski definition) is 4. The predicted molar refractivity (Wildman–Crippen MR) is 138 cm³/mol. The minimum absolute atomic E-state index is 0.0370. The maximum atomic E-state index is 12.6. The summed E-state index contributed by atoms with van der Waals surface area (Å²) in [7, 11) is 0. The number of rotatable bonds is 13. The highest BCUT2D eigenvalue weighted by molar-refractivity contribution is 9.10. The SMILES string of the molecule is CCCCCCCCOc1c(Br)cc(/C=C(/C#N)C(=O)Nc2cccc(Cl)c2)cc1OCC. The molecule has 5 nitrogen and oxygen atoms in total. The van der Waals surface area contributed by atoms with Gasteiger partial charge in [0.1, 0.15) is 11.6 Å². The molecule has 0 aliphatic carbocycles. The topological polar surface area (TPSA) is 71.3 Å². The Bertz CT molecular complexity index is 1000. The van der Waals surface area contributed by atoms with Gasteiger partial charge in [-0.1, -0.05) is 56.7 Å². The van der Waals surface area contributed by atoms with Crippen molar-refractivity contribution in [2.24, 2.45) is 0 Å². The first-order valence-corrected chi connectivity index (χ1v) is 12.4. The van der Waals surface area contributed by atoms with Crippen LogP contribution in [0.1, 0.15) is 57.9 Å². The molecule has 2 rings (SSSR count). The van der Waals surface area contributed by atoms with Gasteiger partial charge >= 0.3 is 0 Å². The predicted octanol–water partition coefficient (Wildman–Crippen LogP) is 7.79. The van der Waals surface area contributed by atoms with E-state index in [0.717, 1.165) is 12.8 Å². The second-order valence-corrected chi connectivity index (χ2v) is 8.80. The second kappa shape index (κ2) is 14.6. The molecule has 0 radical (unpaired) electrons. The molecule has 0 atom stereocenters. The van der Waals surface area contributed by atoms with E-state index in [9.17, 15) is 10.1 Å². The Morgan fingerprint density at radius 3 is 2.58 bits per heavy atom. The molecule has 0 aliphatic heterocycles. The fourth-order valence-electron chi connectivity index (χ4n) is 3.21. The molecule has 1 amide bonds. The Morgan fingerprint density at radius 2 is 1.88 bits per heavy atom. The summed E-state index contributed by atoms with van der Waals surface area (Å²) in [6.07, 6.45) is 8.62. The first-order chi connectivity index (χ1) is 16.0. The van der Waals surface area contributed by atoms with Crippen molar-refractivity contribution >= 4 is 45.2 Å². The van der Waals surface area contributed by atoms with Gasteiger partial charge in [-0.25, -0.2) is 0 Å². The van der Waals surface area contributed by atoms with Crippen molar-refractivity contribution in [1.82, 2.24) is 0 Å². The van der Waals surface area contributed by atoms with Crippen LogP contribution < -0.4 is 14.8 Å². The Kier molecular flexibility index (Phi) is 11.9. The number of carbonyl (C=O) groups is 1. The zero-order valence-electron chi connectivity index (χ0n) is 19.1. The van der Waals surface area contributed by atoms with Crippen LogP contribution in [0.4, 0.5) is 5.69 Å². The van der Waals surface area contributed by atoms with E-state index in [1.165, 1.54) is 31.8 Å². The van der Waals surface area contributed by atoms with E-state index in [1.807, 2.05) is 19.1 Å². The third kappa shape index (κ3) is 9.11. The lowest BCUT2D eigenvalue weighted by Gasteiger charge is -2.15. The first-order valence-electron chi connectivity index (χ1n) is 11.3. The van der Waals surface area contributed by atoms with Gasteiger partial charge in [0.15, 0.2) is 11.5 Å². The van der Waals surface area contributed by atoms with Gasteiger partial charge in [0, 0.05) is 10.7 Å². The third-order valence-electron chi connectivity index (χ3n) is 4.83. The molecule has 176 valence electrons. The molecule has 0 bridgehead atoms. The van der Waals surface area contributed by atoms with E-state index in [2.05, 4.69) is 28.2 Å². The molecule has 0 spiro atoms. The standard InChI is InChI=1S/C26H30BrClN2O3/c1-3-5-6-7-8-9-13-33-25-23(27)15-19(16-24(25)32-4-2)14-20(18-29)26(31)30-22-12-10-11-21(28)17-22/h10-12,14-17H,3-9,13H2,1-2H3,(H,30,31)/b20-14-. The highest BCUT2D eigenvalue weighted by Gasteiger charge is 2.14. The summed E-state index contributed by atoms with van der Waals surface area (Å²) in [4.78, 5) is 12.6. The van der Waals surface area contributed by atoms with Gasteiger partial charge in [-0.3, -0.25) is 4.79 Å². The molecule has 0 unspecified atom stereocenters. The summed E-state index contributed by atoms with van der Waals surface area (Å²) < 4.78 is 12.5. The summed E-state index contributed by atoms with van der Waals surface area (Å²) in [5.41, 5.74) is 1.13. The largest absolute Gasteiger partial charge is 0.490 e. The van der Waals surface area contributed by atoms with Crippen LogP contribution >= 0.6 is 27.5 Å². The smallest absolute Gasteiger partial charge is 0.266 e. The monoisotopic (exact) mass is 532 g/mol. The summed E-state index contributed by atoms with van der Waals surface area (Å²) in [6.45, 7) is 5.17. The van der Waals surface area contributed by atoms with Gasteiger partial charge in [0.2, 0.25) is 0 Å². The molecule has 0 fully saturated rings. The number of nitriles is 1. The van der Waals surface area contributed by atoms with Crippen molar-refractivity contribution in [2.45, 2.75) is 52.4 Å². The van der Waals surface area contributed by atoms with Crippen molar-refractivity contribution in [2.75, 3.05) is 18.5 Å². The van der Waals surface area contributed by atoms with Gasteiger partial charge in [-0.15, -0.1) is 0 Å². The van der Waals surface area contributed by atoms with E-state index in [4.69, 9.17) is 21.1 Å². The molecule has 0 saturated heterocycles. The van der Waals surface area contributed by atoms with Crippen LogP contribution in [-0.4, -0.2) is 19.1 Å². The van der Waals surface area contributed by atoms with E-state index in [0.29, 0.717) is 45.5 Å². The zero-order valence-corrected chi connectivity index (χ0v) is 21.5. The van der Waals surface area contributed by atoms with E-state index in [-0.39, 0.29) is 5.57 Å². The van der Waals surface area contributed by atoms with E-state index in [1.54, 1.807) is 30.3 Å². The number of hydrogen-bond donors (Lipinski definition) is 1. The number of benzene rings is 2. The molecule has 0 aliphatic rings. The number of nitrogens with one attached hydrogen (secondary N) is 1.